The second-order valence-electron chi connectivity index (χ2n) is 7.34. The van der Waals surface area contributed by atoms with Gasteiger partial charge < -0.3 is 10.4 Å². The van der Waals surface area contributed by atoms with E-state index in [0.29, 0.717) is 18.1 Å². The minimum Gasteiger partial charge on any atom is -0.394 e. The van der Waals surface area contributed by atoms with Crippen molar-refractivity contribution in [1.29, 1.82) is 0 Å². The SMILES string of the molecule is CCCCN(C(C)CC)C1CCCC(CO)(NC(C)C)C1. The molecular weight excluding hydrogens is 260 g/mol. The highest BCUT2D eigenvalue weighted by molar-refractivity contribution is 4.97. The van der Waals surface area contributed by atoms with Crippen molar-refractivity contribution in [1.82, 2.24) is 10.2 Å². The first kappa shape index (κ1) is 18.9. The molecule has 0 radical (unpaired) electrons. The topological polar surface area (TPSA) is 35.5 Å². The quantitative estimate of drug-likeness (QED) is 0.683. The van der Waals surface area contributed by atoms with Gasteiger partial charge in [-0.3, -0.25) is 4.90 Å². The van der Waals surface area contributed by atoms with E-state index in [1.165, 1.54) is 38.6 Å². The molecule has 1 aliphatic carbocycles. The summed E-state index contributed by atoms with van der Waals surface area (Å²) in [6, 6.07) is 1.71. The number of hydrogen-bond acceptors (Lipinski definition) is 3. The zero-order valence-corrected chi connectivity index (χ0v) is 15.0. The zero-order chi connectivity index (χ0) is 15.9. The number of aliphatic hydroxyl groups is 1. The van der Waals surface area contributed by atoms with Crippen molar-refractivity contribution in [3.8, 4) is 0 Å². The van der Waals surface area contributed by atoms with E-state index in [1.807, 2.05) is 0 Å². The molecule has 1 rings (SSSR count). The third kappa shape index (κ3) is 5.54. The number of aliphatic hydroxyl groups excluding tert-OH is 1. The highest BCUT2D eigenvalue weighted by atomic mass is 16.3. The Kier molecular flexibility index (Phi) is 8.22. The van der Waals surface area contributed by atoms with Crippen molar-refractivity contribution in [3.63, 3.8) is 0 Å². The molecule has 1 aliphatic rings. The molecule has 3 nitrogen and oxygen atoms in total. The second-order valence-corrected chi connectivity index (χ2v) is 7.34. The van der Waals surface area contributed by atoms with Crippen molar-refractivity contribution in [2.75, 3.05) is 13.2 Å². The first-order valence-corrected chi connectivity index (χ1v) is 9.12. The van der Waals surface area contributed by atoms with Crippen LogP contribution in [0.1, 0.15) is 79.6 Å². The van der Waals surface area contributed by atoms with Gasteiger partial charge in [-0.1, -0.05) is 34.1 Å². The Bertz CT molecular complexity index is 282. The van der Waals surface area contributed by atoms with Crippen LogP contribution in [0, 0.1) is 0 Å². The standard InChI is InChI=1S/C18H38N2O/c1-6-8-12-20(16(5)7-2)17-10-9-11-18(13-17,14-21)19-15(3)4/h15-17,19,21H,6-14H2,1-5H3. The Balaban J connectivity index is 2.78. The maximum atomic E-state index is 9.98. The average molecular weight is 299 g/mol. The van der Waals surface area contributed by atoms with Crippen LogP contribution in [0.4, 0.5) is 0 Å². The van der Waals surface area contributed by atoms with Gasteiger partial charge in [0.2, 0.25) is 0 Å². The minimum absolute atomic E-state index is 0.0605. The summed E-state index contributed by atoms with van der Waals surface area (Å²) < 4.78 is 0. The lowest BCUT2D eigenvalue weighted by molar-refractivity contribution is 0.0362. The lowest BCUT2D eigenvalue weighted by atomic mass is 9.78. The number of nitrogens with zero attached hydrogens (tertiary/aromatic N) is 1. The normalized spacial score (nSPS) is 28.3. The van der Waals surface area contributed by atoms with Crippen molar-refractivity contribution in [2.24, 2.45) is 0 Å². The van der Waals surface area contributed by atoms with Crippen LogP contribution in [-0.2, 0) is 0 Å². The molecule has 126 valence electrons. The molecule has 0 aromatic rings. The molecule has 0 saturated heterocycles. The van der Waals surface area contributed by atoms with Crippen LogP contribution in [-0.4, -0.2) is 46.8 Å². The van der Waals surface area contributed by atoms with E-state index in [9.17, 15) is 5.11 Å². The average Bonchev–Trinajstić information content (AvgIpc) is 2.47. The largest absolute Gasteiger partial charge is 0.394 e. The highest BCUT2D eigenvalue weighted by Gasteiger charge is 2.38. The molecule has 2 N–H and O–H groups in total. The van der Waals surface area contributed by atoms with E-state index in [0.717, 1.165) is 12.8 Å². The molecule has 1 fully saturated rings. The molecule has 3 atom stereocenters. The molecule has 0 bridgehead atoms. The molecular formula is C18H38N2O. The molecule has 3 heteroatoms. The third-order valence-electron chi connectivity index (χ3n) is 5.11. The summed E-state index contributed by atoms with van der Waals surface area (Å²) >= 11 is 0. The number of rotatable bonds is 9. The lowest BCUT2D eigenvalue weighted by Crippen LogP contribution is -2.58. The van der Waals surface area contributed by atoms with Crippen LogP contribution in [0.15, 0.2) is 0 Å². The summed E-state index contributed by atoms with van der Waals surface area (Å²) in [5.74, 6) is 0. The summed E-state index contributed by atoms with van der Waals surface area (Å²) in [7, 11) is 0. The van der Waals surface area contributed by atoms with E-state index < -0.39 is 0 Å². The van der Waals surface area contributed by atoms with Crippen LogP contribution in [0.25, 0.3) is 0 Å². The molecule has 0 aromatic heterocycles. The summed E-state index contributed by atoms with van der Waals surface area (Å²) in [4.78, 5) is 2.72. The van der Waals surface area contributed by atoms with E-state index in [2.05, 4.69) is 44.8 Å². The summed E-state index contributed by atoms with van der Waals surface area (Å²) in [5.41, 5.74) is -0.0605. The zero-order valence-electron chi connectivity index (χ0n) is 15.0. The molecule has 0 amide bonds. The van der Waals surface area contributed by atoms with Crippen molar-refractivity contribution < 1.29 is 5.11 Å². The molecule has 1 saturated carbocycles. The van der Waals surface area contributed by atoms with Crippen molar-refractivity contribution in [2.45, 2.75) is 103 Å². The van der Waals surface area contributed by atoms with Crippen LogP contribution in [0.5, 0.6) is 0 Å². The summed E-state index contributed by atoms with van der Waals surface area (Å²) in [6.07, 6.45) is 8.47. The predicted octanol–water partition coefficient (Wildman–Crippen LogP) is 3.56. The Morgan fingerprint density at radius 1 is 1.29 bits per heavy atom. The maximum Gasteiger partial charge on any atom is 0.0613 e. The summed E-state index contributed by atoms with van der Waals surface area (Å²) in [6.45, 7) is 12.8. The van der Waals surface area contributed by atoms with Gasteiger partial charge in [-0.25, -0.2) is 0 Å². The van der Waals surface area contributed by atoms with Gasteiger partial charge in [0, 0.05) is 23.7 Å². The number of unbranched alkanes of at least 4 members (excludes halogenated alkanes) is 1. The fraction of sp³-hybridized carbons (Fsp3) is 1.00. The van der Waals surface area contributed by atoms with Gasteiger partial charge in [0.05, 0.1) is 6.61 Å². The third-order valence-corrected chi connectivity index (χ3v) is 5.11. The fourth-order valence-electron chi connectivity index (χ4n) is 3.89. The fourth-order valence-corrected chi connectivity index (χ4v) is 3.89. The first-order chi connectivity index (χ1) is 9.98. The lowest BCUT2D eigenvalue weighted by Gasteiger charge is -2.47. The molecule has 0 heterocycles. The Hall–Kier alpha value is -0.120. The van der Waals surface area contributed by atoms with Gasteiger partial charge in [0.1, 0.15) is 0 Å². The number of nitrogens with one attached hydrogen (secondary N) is 1. The van der Waals surface area contributed by atoms with E-state index >= 15 is 0 Å². The molecule has 0 aromatic carbocycles. The Labute approximate surface area is 132 Å². The van der Waals surface area contributed by atoms with Gasteiger partial charge in [-0.05, 0) is 52.0 Å². The van der Waals surface area contributed by atoms with Crippen molar-refractivity contribution >= 4 is 0 Å². The summed E-state index contributed by atoms with van der Waals surface area (Å²) in [5, 5.41) is 13.6. The van der Waals surface area contributed by atoms with Gasteiger partial charge in [-0.2, -0.15) is 0 Å². The molecule has 0 spiro atoms. The van der Waals surface area contributed by atoms with E-state index in [4.69, 9.17) is 0 Å². The maximum absolute atomic E-state index is 9.98. The van der Waals surface area contributed by atoms with Gasteiger partial charge in [-0.15, -0.1) is 0 Å². The van der Waals surface area contributed by atoms with Gasteiger partial charge >= 0.3 is 0 Å². The molecule has 21 heavy (non-hydrogen) atoms. The van der Waals surface area contributed by atoms with Crippen LogP contribution in [0.3, 0.4) is 0 Å². The van der Waals surface area contributed by atoms with E-state index in [-0.39, 0.29) is 12.1 Å². The smallest absolute Gasteiger partial charge is 0.0613 e. The Morgan fingerprint density at radius 3 is 2.52 bits per heavy atom. The second kappa shape index (κ2) is 9.12. The van der Waals surface area contributed by atoms with Gasteiger partial charge in [0.15, 0.2) is 0 Å². The van der Waals surface area contributed by atoms with Crippen LogP contribution < -0.4 is 5.32 Å². The van der Waals surface area contributed by atoms with E-state index in [1.54, 1.807) is 0 Å². The van der Waals surface area contributed by atoms with Crippen LogP contribution >= 0.6 is 0 Å². The minimum atomic E-state index is -0.0605. The highest BCUT2D eigenvalue weighted by Crippen LogP contribution is 2.33. The monoisotopic (exact) mass is 298 g/mol. The van der Waals surface area contributed by atoms with Crippen LogP contribution in [0.2, 0.25) is 0 Å². The predicted molar refractivity (Wildman–Crippen MR) is 91.7 cm³/mol. The van der Waals surface area contributed by atoms with Gasteiger partial charge in [0.25, 0.3) is 0 Å². The Morgan fingerprint density at radius 2 is 2.00 bits per heavy atom. The first-order valence-electron chi connectivity index (χ1n) is 9.12. The number of hydrogen-bond donors (Lipinski definition) is 2. The molecule has 3 unspecified atom stereocenters. The van der Waals surface area contributed by atoms with Crippen molar-refractivity contribution in [3.05, 3.63) is 0 Å². The molecule has 0 aliphatic heterocycles.